The maximum absolute atomic E-state index is 11.8. The van der Waals surface area contributed by atoms with Crippen molar-refractivity contribution < 1.29 is 14.3 Å². The number of ether oxygens (including phenoxy) is 2. The second-order valence-corrected chi connectivity index (χ2v) is 7.78. The van der Waals surface area contributed by atoms with E-state index in [0.717, 1.165) is 35.4 Å². The molecule has 0 aliphatic rings. The first kappa shape index (κ1) is 24.2. The highest BCUT2D eigenvalue weighted by Gasteiger charge is 2.15. The molecule has 0 spiro atoms. The third kappa shape index (κ3) is 6.54. The van der Waals surface area contributed by atoms with Crippen LogP contribution in [0.5, 0.6) is 11.5 Å². The molecule has 0 bridgehead atoms. The molecule has 0 aromatic heterocycles. The van der Waals surface area contributed by atoms with Crippen LogP contribution in [-0.2, 0) is 4.79 Å². The summed E-state index contributed by atoms with van der Waals surface area (Å²) >= 11 is 0. The van der Waals surface area contributed by atoms with Gasteiger partial charge in [0.1, 0.15) is 24.1 Å². The van der Waals surface area contributed by atoms with Crippen LogP contribution in [0.1, 0.15) is 37.0 Å². The fraction of sp³-hybridized carbons (Fsp3) is 0.250. The molecule has 0 aliphatic carbocycles. The lowest BCUT2D eigenvalue weighted by molar-refractivity contribution is -0.135. The molecule has 1 unspecified atom stereocenters. The van der Waals surface area contributed by atoms with Crippen molar-refractivity contribution in [1.82, 2.24) is 5.32 Å². The van der Waals surface area contributed by atoms with Crippen LogP contribution in [0.25, 0.3) is 11.1 Å². The molecule has 0 saturated heterocycles. The minimum Gasteiger partial charge on any atom is -0.492 e. The maximum Gasteiger partial charge on any atom is 0.328 e. The summed E-state index contributed by atoms with van der Waals surface area (Å²) in [7, 11) is 1.90. The van der Waals surface area contributed by atoms with E-state index >= 15 is 0 Å². The smallest absolute Gasteiger partial charge is 0.328 e. The SMILES string of the molecule is CCC(=C(c1ccc(OCCNC)cc1)c1ccc(OC(=O)C(C)N)cc1)c1ccccc1. The molecule has 3 aromatic carbocycles. The Bertz CT molecular complexity index is 1060. The Morgan fingerprint density at radius 2 is 1.45 bits per heavy atom. The Morgan fingerprint density at radius 3 is 1.97 bits per heavy atom. The summed E-state index contributed by atoms with van der Waals surface area (Å²) in [6.45, 7) is 5.18. The average Bonchev–Trinajstić information content (AvgIpc) is 2.84. The van der Waals surface area contributed by atoms with Gasteiger partial charge in [0.15, 0.2) is 0 Å². The Balaban J connectivity index is 2.01. The summed E-state index contributed by atoms with van der Waals surface area (Å²) in [5, 5.41) is 3.08. The van der Waals surface area contributed by atoms with Crippen LogP contribution < -0.4 is 20.5 Å². The summed E-state index contributed by atoms with van der Waals surface area (Å²) in [6, 6.07) is 25.5. The number of carbonyl (C=O) groups excluding carboxylic acids is 1. The van der Waals surface area contributed by atoms with Gasteiger partial charge in [0, 0.05) is 6.54 Å². The number of hydrogen-bond acceptors (Lipinski definition) is 5. The highest BCUT2D eigenvalue weighted by molar-refractivity contribution is 5.98. The van der Waals surface area contributed by atoms with Crippen molar-refractivity contribution in [2.24, 2.45) is 5.73 Å². The molecule has 0 fully saturated rings. The molecule has 0 radical (unpaired) electrons. The second kappa shape index (κ2) is 12.0. The van der Waals surface area contributed by atoms with Crippen LogP contribution in [0, 0.1) is 0 Å². The molecule has 3 rings (SSSR count). The number of carbonyl (C=O) groups is 1. The Morgan fingerprint density at radius 1 is 0.879 bits per heavy atom. The minimum atomic E-state index is -0.668. The number of esters is 1. The van der Waals surface area contributed by atoms with Gasteiger partial charge >= 0.3 is 5.97 Å². The lowest BCUT2D eigenvalue weighted by atomic mass is 9.88. The van der Waals surface area contributed by atoms with Gasteiger partial charge < -0.3 is 20.5 Å². The lowest BCUT2D eigenvalue weighted by Crippen LogP contribution is -2.30. The van der Waals surface area contributed by atoms with Crippen LogP contribution in [-0.4, -0.2) is 32.2 Å². The molecule has 1 atom stereocenters. The highest BCUT2D eigenvalue weighted by Crippen LogP contribution is 2.35. The summed E-state index contributed by atoms with van der Waals surface area (Å²) in [4.78, 5) is 11.8. The van der Waals surface area contributed by atoms with Crippen molar-refractivity contribution in [2.45, 2.75) is 26.3 Å². The van der Waals surface area contributed by atoms with E-state index in [1.807, 2.05) is 49.5 Å². The van der Waals surface area contributed by atoms with Crippen molar-refractivity contribution in [3.63, 3.8) is 0 Å². The van der Waals surface area contributed by atoms with E-state index in [1.165, 1.54) is 11.1 Å². The van der Waals surface area contributed by atoms with Crippen LogP contribution in [0.15, 0.2) is 78.9 Å². The standard InChI is InChI=1S/C28H32N2O3/c1-4-26(21-8-6-5-7-9-21)27(22-10-14-24(15-11-22)32-19-18-30-3)23-12-16-25(17-13-23)33-28(31)20(2)29/h5-17,20,30H,4,18-19,29H2,1-3H3. The molecule has 33 heavy (non-hydrogen) atoms. The minimum absolute atomic E-state index is 0.453. The van der Waals surface area contributed by atoms with Gasteiger partial charge in [0.2, 0.25) is 0 Å². The van der Waals surface area contributed by atoms with Crippen molar-refractivity contribution >= 4 is 17.1 Å². The van der Waals surface area contributed by atoms with Gasteiger partial charge in [-0.1, -0.05) is 61.5 Å². The average molecular weight is 445 g/mol. The number of nitrogens with two attached hydrogens (primary N) is 1. The molecule has 172 valence electrons. The largest absolute Gasteiger partial charge is 0.492 e. The molecule has 0 heterocycles. The van der Waals surface area contributed by atoms with Gasteiger partial charge in [-0.2, -0.15) is 0 Å². The summed E-state index contributed by atoms with van der Waals surface area (Å²) in [5.74, 6) is 0.863. The second-order valence-electron chi connectivity index (χ2n) is 7.78. The lowest BCUT2D eigenvalue weighted by Gasteiger charge is -2.17. The topological polar surface area (TPSA) is 73.6 Å². The summed E-state index contributed by atoms with van der Waals surface area (Å²) in [5.41, 5.74) is 11.3. The number of rotatable bonds is 10. The van der Waals surface area contributed by atoms with Crippen LogP contribution in [0.4, 0.5) is 0 Å². The third-order valence-electron chi connectivity index (χ3n) is 5.27. The molecular formula is C28H32N2O3. The van der Waals surface area contributed by atoms with Gasteiger partial charge in [-0.15, -0.1) is 0 Å². The first-order valence-electron chi connectivity index (χ1n) is 11.3. The van der Waals surface area contributed by atoms with E-state index in [2.05, 4.69) is 48.6 Å². The van der Waals surface area contributed by atoms with Gasteiger partial charge in [-0.3, -0.25) is 0 Å². The summed E-state index contributed by atoms with van der Waals surface area (Å²) in [6.07, 6.45) is 0.862. The maximum atomic E-state index is 11.8. The van der Waals surface area contributed by atoms with Crippen molar-refractivity contribution in [3.05, 3.63) is 95.6 Å². The number of nitrogens with one attached hydrogen (secondary N) is 1. The number of hydrogen-bond donors (Lipinski definition) is 2. The van der Waals surface area contributed by atoms with Crippen molar-refractivity contribution in [2.75, 3.05) is 20.2 Å². The molecular weight excluding hydrogens is 412 g/mol. The van der Waals surface area contributed by atoms with E-state index in [4.69, 9.17) is 15.2 Å². The van der Waals surface area contributed by atoms with Gasteiger partial charge in [-0.25, -0.2) is 4.79 Å². The normalized spacial score (nSPS) is 12.6. The highest BCUT2D eigenvalue weighted by atomic mass is 16.5. The zero-order chi connectivity index (χ0) is 23.6. The van der Waals surface area contributed by atoms with Crippen LogP contribution in [0.2, 0.25) is 0 Å². The van der Waals surface area contributed by atoms with Crippen LogP contribution >= 0.6 is 0 Å². The van der Waals surface area contributed by atoms with E-state index in [1.54, 1.807) is 6.92 Å². The molecule has 3 N–H and O–H groups in total. The van der Waals surface area contributed by atoms with E-state index in [0.29, 0.717) is 12.4 Å². The van der Waals surface area contributed by atoms with Gasteiger partial charge in [0.25, 0.3) is 0 Å². The predicted molar refractivity (Wildman–Crippen MR) is 134 cm³/mol. The third-order valence-corrected chi connectivity index (χ3v) is 5.27. The van der Waals surface area contributed by atoms with Gasteiger partial charge in [0.05, 0.1) is 0 Å². The number of likely N-dealkylation sites (N-methyl/N-ethyl adjacent to an activating group) is 1. The Kier molecular flexibility index (Phi) is 8.81. The molecule has 5 nitrogen and oxygen atoms in total. The molecule has 3 aromatic rings. The van der Waals surface area contributed by atoms with Gasteiger partial charge in [-0.05, 0) is 72.5 Å². The first-order valence-corrected chi connectivity index (χ1v) is 11.3. The number of benzene rings is 3. The van der Waals surface area contributed by atoms with Crippen molar-refractivity contribution in [1.29, 1.82) is 0 Å². The van der Waals surface area contributed by atoms with E-state index in [-0.39, 0.29) is 0 Å². The Labute approximate surface area is 196 Å². The zero-order valence-electron chi connectivity index (χ0n) is 19.5. The first-order chi connectivity index (χ1) is 16.0. The van der Waals surface area contributed by atoms with Crippen molar-refractivity contribution in [3.8, 4) is 11.5 Å². The molecule has 0 amide bonds. The van der Waals surface area contributed by atoms with Crippen LogP contribution in [0.3, 0.4) is 0 Å². The molecule has 0 saturated carbocycles. The zero-order valence-corrected chi connectivity index (χ0v) is 19.5. The summed E-state index contributed by atoms with van der Waals surface area (Å²) < 4.78 is 11.1. The quantitative estimate of drug-likeness (QED) is 0.201. The molecule has 5 heteroatoms. The number of allylic oxidation sites excluding steroid dienone is 1. The fourth-order valence-corrected chi connectivity index (χ4v) is 3.57. The fourth-order valence-electron chi connectivity index (χ4n) is 3.57. The monoisotopic (exact) mass is 444 g/mol. The Hall–Kier alpha value is -3.41. The molecule has 0 aliphatic heterocycles. The predicted octanol–water partition coefficient (Wildman–Crippen LogP) is 4.91. The van der Waals surface area contributed by atoms with E-state index < -0.39 is 12.0 Å². The van der Waals surface area contributed by atoms with E-state index in [9.17, 15) is 4.79 Å².